The standard InChI is InChI=1S/C29H40O7/c1-21(15-31-17-26-19-35-26)10-12-33-25-7-4-23(5-8-25)24-6-9-28(29(14-24)30-3)34-13-11-22(2)16-32-18-27-20-36-27/h4-9,14,21-22,26-27H,10-13,15-20H2,1-3H3. The summed E-state index contributed by atoms with van der Waals surface area (Å²) in [6.07, 6.45) is 2.50. The maximum Gasteiger partial charge on any atom is 0.161 e. The second-order valence-corrected chi connectivity index (χ2v) is 9.86. The topological polar surface area (TPSA) is 71.2 Å². The van der Waals surface area contributed by atoms with Gasteiger partial charge in [-0.05, 0) is 60.1 Å². The van der Waals surface area contributed by atoms with Crippen LogP contribution in [0.5, 0.6) is 17.2 Å². The van der Waals surface area contributed by atoms with E-state index in [1.165, 1.54) is 0 Å². The van der Waals surface area contributed by atoms with Crippen molar-refractivity contribution >= 4 is 0 Å². The first-order valence-corrected chi connectivity index (χ1v) is 13.0. The Bertz CT molecular complexity index is 908. The molecule has 0 aliphatic carbocycles. The van der Waals surface area contributed by atoms with Crippen molar-refractivity contribution in [2.24, 2.45) is 11.8 Å². The van der Waals surface area contributed by atoms with E-state index in [1.807, 2.05) is 24.3 Å². The van der Waals surface area contributed by atoms with E-state index in [1.54, 1.807) is 7.11 Å². The third-order valence-corrected chi connectivity index (χ3v) is 6.32. The highest BCUT2D eigenvalue weighted by atomic mass is 16.6. The molecule has 2 fully saturated rings. The van der Waals surface area contributed by atoms with Crippen LogP contribution in [0.2, 0.25) is 0 Å². The first-order valence-electron chi connectivity index (χ1n) is 13.0. The smallest absolute Gasteiger partial charge is 0.161 e. The van der Waals surface area contributed by atoms with Crippen molar-refractivity contribution in [2.45, 2.75) is 38.9 Å². The van der Waals surface area contributed by atoms with Crippen molar-refractivity contribution in [3.63, 3.8) is 0 Å². The molecule has 0 radical (unpaired) electrons. The highest BCUT2D eigenvalue weighted by molar-refractivity contribution is 5.67. The highest BCUT2D eigenvalue weighted by Crippen LogP contribution is 2.33. The largest absolute Gasteiger partial charge is 0.494 e. The van der Waals surface area contributed by atoms with Gasteiger partial charge in [0.05, 0.1) is 46.8 Å². The Morgan fingerprint density at radius 3 is 1.86 bits per heavy atom. The maximum atomic E-state index is 6.01. The molecule has 2 aromatic rings. The fraction of sp³-hybridized carbons (Fsp3) is 0.586. The van der Waals surface area contributed by atoms with Gasteiger partial charge in [0.2, 0.25) is 0 Å². The number of epoxide rings is 2. The van der Waals surface area contributed by atoms with E-state index < -0.39 is 0 Å². The predicted molar refractivity (Wildman–Crippen MR) is 138 cm³/mol. The van der Waals surface area contributed by atoms with Crippen molar-refractivity contribution in [3.05, 3.63) is 42.5 Å². The summed E-state index contributed by atoms with van der Waals surface area (Å²) in [5.41, 5.74) is 2.17. The number of methoxy groups -OCH3 is 1. The first kappa shape index (κ1) is 26.7. The molecule has 0 saturated carbocycles. The number of benzene rings is 2. The van der Waals surface area contributed by atoms with Gasteiger partial charge in [-0.2, -0.15) is 0 Å². The number of rotatable bonds is 18. The zero-order valence-corrected chi connectivity index (χ0v) is 21.8. The van der Waals surface area contributed by atoms with Gasteiger partial charge in [-0.3, -0.25) is 0 Å². The minimum Gasteiger partial charge on any atom is -0.494 e. The molecule has 0 aromatic heterocycles. The van der Waals surface area contributed by atoms with Crippen LogP contribution in [0.4, 0.5) is 0 Å². The molecule has 4 unspecified atom stereocenters. The van der Waals surface area contributed by atoms with Crippen LogP contribution in [0.3, 0.4) is 0 Å². The summed E-state index contributed by atoms with van der Waals surface area (Å²) in [6, 6.07) is 14.2. The van der Waals surface area contributed by atoms with Crippen molar-refractivity contribution in [1.82, 2.24) is 0 Å². The van der Waals surface area contributed by atoms with Crippen LogP contribution in [0.15, 0.2) is 42.5 Å². The molecule has 7 nitrogen and oxygen atoms in total. The Morgan fingerprint density at radius 2 is 1.31 bits per heavy atom. The van der Waals surface area contributed by atoms with E-state index in [4.69, 9.17) is 33.2 Å². The normalized spacial score (nSPS) is 20.0. The molecule has 7 heteroatoms. The van der Waals surface area contributed by atoms with Gasteiger partial charge in [0.25, 0.3) is 0 Å². The van der Waals surface area contributed by atoms with Crippen molar-refractivity contribution < 1.29 is 33.2 Å². The maximum absolute atomic E-state index is 6.01. The molecule has 2 aromatic carbocycles. The van der Waals surface area contributed by atoms with Crippen LogP contribution in [0.1, 0.15) is 26.7 Å². The van der Waals surface area contributed by atoms with Crippen LogP contribution in [0, 0.1) is 11.8 Å². The Morgan fingerprint density at radius 1 is 0.750 bits per heavy atom. The molecule has 36 heavy (non-hydrogen) atoms. The zero-order valence-electron chi connectivity index (χ0n) is 21.8. The quantitative estimate of drug-likeness (QED) is 0.267. The third-order valence-electron chi connectivity index (χ3n) is 6.32. The summed E-state index contributed by atoms with van der Waals surface area (Å²) in [5, 5.41) is 0. The van der Waals surface area contributed by atoms with Gasteiger partial charge in [0.15, 0.2) is 11.5 Å². The average molecular weight is 501 g/mol. The molecule has 2 heterocycles. The summed E-state index contributed by atoms with van der Waals surface area (Å²) in [4.78, 5) is 0. The lowest BCUT2D eigenvalue weighted by Gasteiger charge is -2.15. The van der Waals surface area contributed by atoms with Crippen molar-refractivity contribution in [1.29, 1.82) is 0 Å². The molecule has 4 atom stereocenters. The molecular formula is C29H40O7. The van der Waals surface area contributed by atoms with Crippen LogP contribution < -0.4 is 14.2 Å². The summed E-state index contributed by atoms with van der Waals surface area (Å²) in [5.74, 6) is 3.23. The molecule has 2 aliphatic rings. The number of hydrogen-bond donors (Lipinski definition) is 0. The SMILES string of the molecule is COc1cc(-c2ccc(OCCC(C)COCC3CO3)cc2)ccc1OCCC(C)COCC1CO1. The zero-order chi connectivity index (χ0) is 25.2. The molecule has 2 saturated heterocycles. The molecule has 0 amide bonds. The minimum absolute atomic E-state index is 0.312. The highest BCUT2D eigenvalue weighted by Gasteiger charge is 2.23. The van der Waals surface area contributed by atoms with Gasteiger partial charge in [-0.25, -0.2) is 0 Å². The molecule has 2 aliphatic heterocycles. The fourth-order valence-corrected chi connectivity index (χ4v) is 3.75. The fourth-order valence-electron chi connectivity index (χ4n) is 3.75. The second kappa shape index (κ2) is 13.8. The van der Waals surface area contributed by atoms with E-state index in [-0.39, 0.29) is 0 Å². The Hall–Kier alpha value is -2.32. The van der Waals surface area contributed by atoms with Gasteiger partial charge in [-0.15, -0.1) is 0 Å². The average Bonchev–Trinajstić information content (AvgIpc) is 3.81. The van der Waals surface area contributed by atoms with Gasteiger partial charge in [-0.1, -0.05) is 32.0 Å². The minimum atomic E-state index is 0.312. The number of hydrogen-bond acceptors (Lipinski definition) is 7. The van der Waals surface area contributed by atoms with Crippen molar-refractivity contribution in [2.75, 3.05) is 60.0 Å². The molecule has 0 spiro atoms. The molecule has 4 rings (SSSR count). The van der Waals surface area contributed by atoms with Gasteiger partial charge in [0, 0.05) is 13.2 Å². The predicted octanol–water partition coefficient (Wildman–Crippen LogP) is 5.00. The van der Waals surface area contributed by atoms with Crippen LogP contribution in [-0.4, -0.2) is 72.2 Å². The lowest BCUT2D eigenvalue weighted by Crippen LogP contribution is -2.13. The molecular weight excluding hydrogens is 460 g/mol. The Balaban J connectivity index is 1.18. The van der Waals surface area contributed by atoms with E-state index in [2.05, 4.69) is 32.0 Å². The summed E-state index contributed by atoms with van der Waals surface area (Å²) in [7, 11) is 1.67. The van der Waals surface area contributed by atoms with E-state index in [9.17, 15) is 0 Å². The van der Waals surface area contributed by atoms with Gasteiger partial charge >= 0.3 is 0 Å². The van der Waals surface area contributed by atoms with Crippen molar-refractivity contribution in [3.8, 4) is 28.4 Å². The summed E-state index contributed by atoms with van der Waals surface area (Å²) < 4.78 is 39.2. The number of ether oxygens (including phenoxy) is 7. The van der Waals surface area contributed by atoms with Crippen LogP contribution >= 0.6 is 0 Å². The summed E-state index contributed by atoms with van der Waals surface area (Å²) in [6.45, 7) is 10.2. The van der Waals surface area contributed by atoms with Gasteiger partial charge < -0.3 is 33.2 Å². The van der Waals surface area contributed by atoms with E-state index in [0.29, 0.717) is 50.5 Å². The van der Waals surface area contributed by atoms with E-state index >= 15 is 0 Å². The van der Waals surface area contributed by atoms with E-state index in [0.717, 1.165) is 67.6 Å². The van der Waals surface area contributed by atoms with Crippen LogP contribution in [-0.2, 0) is 18.9 Å². The molecule has 0 bridgehead atoms. The lowest BCUT2D eigenvalue weighted by atomic mass is 10.0. The summed E-state index contributed by atoms with van der Waals surface area (Å²) >= 11 is 0. The first-order chi connectivity index (χ1) is 17.6. The third kappa shape index (κ3) is 9.28. The lowest BCUT2D eigenvalue weighted by molar-refractivity contribution is 0.0834. The monoisotopic (exact) mass is 500 g/mol. The molecule has 198 valence electrons. The Labute approximate surface area is 214 Å². The second-order valence-electron chi connectivity index (χ2n) is 9.86. The Kier molecular flexibility index (Phi) is 10.3. The van der Waals surface area contributed by atoms with Gasteiger partial charge in [0.1, 0.15) is 18.0 Å². The van der Waals surface area contributed by atoms with Crippen LogP contribution in [0.25, 0.3) is 11.1 Å². The molecule has 0 N–H and O–H groups in total.